The summed E-state index contributed by atoms with van der Waals surface area (Å²) in [6.45, 7) is 9.18. The lowest BCUT2D eigenvalue weighted by Crippen LogP contribution is -2.53. The Kier molecular flexibility index (Phi) is 6.33. The van der Waals surface area contributed by atoms with Gasteiger partial charge in [-0.2, -0.15) is 0 Å². The van der Waals surface area contributed by atoms with Gasteiger partial charge in [0.25, 0.3) is 0 Å². The first-order valence-electron chi connectivity index (χ1n) is 9.53. The molecule has 1 aromatic heterocycles. The molecule has 0 bridgehead atoms. The van der Waals surface area contributed by atoms with Crippen LogP contribution >= 0.6 is 27.3 Å². The van der Waals surface area contributed by atoms with Gasteiger partial charge >= 0.3 is 12.2 Å². The maximum absolute atomic E-state index is 12.8. The van der Waals surface area contributed by atoms with Crippen molar-refractivity contribution in [2.24, 2.45) is 0 Å². The Labute approximate surface area is 193 Å². The van der Waals surface area contributed by atoms with E-state index in [0.29, 0.717) is 23.0 Å². The fourth-order valence-corrected chi connectivity index (χ4v) is 4.28. The predicted octanol–water partition coefficient (Wildman–Crippen LogP) is 5.06. The number of aryl methyl sites for hydroxylation is 1. The number of benzene rings is 1. The van der Waals surface area contributed by atoms with Crippen LogP contribution in [-0.4, -0.2) is 35.8 Å². The maximum atomic E-state index is 12.8. The second-order valence-electron chi connectivity index (χ2n) is 8.36. The van der Waals surface area contributed by atoms with Crippen molar-refractivity contribution in [2.45, 2.75) is 45.7 Å². The highest BCUT2D eigenvalue weighted by Gasteiger charge is 2.41. The molecular formula is C21H24BrN3O5S. The number of rotatable bonds is 5. The van der Waals surface area contributed by atoms with E-state index in [1.54, 1.807) is 49.1 Å². The molecule has 2 N–H and O–H groups in total. The zero-order chi connectivity index (χ0) is 23.0. The molecule has 0 atom stereocenters. The van der Waals surface area contributed by atoms with Crippen LogP contribution in [0.5, 0.6) is 5.06 Å². The maximum Gasteiger partial charge on any atom is 0.414 e. The minimum Gasteiger partial charge on any atom is -0.447 e. The van der Waals surface area contributed by atoms with Crippen molar-refractivity contribution in [1.29, 1.82) is 0 Å². The van der Waals surface area contributed by atoms with Crippen molar-refractivity contribution in [3.05, 3.63) is 39.7 Å². The highest BCUT2D eigenvalue weighted by molar-refractivity contribution is 9.11. The van der Waals surface area contributed by atoms with Crippen LogP contribution in [0.15, 0.2) is 34.1 Å². The number of nitrogens with zero attached hydrogens (tertiary/aromatic N) is 1. The van der Waals surface area contributed by atoms with Crippen LogP contribution in [0.2, 0.25) is 0 Å². The molecule has 0 aliphatic carbocycles. The highest BCUT2D eigenvalue weighted by Crippen LogP contribution is 2.34. The summed E-state index contributed by atoms with van der Waals surface area (Å²) in [5.41, 5.74) is 0.379. The van der Waals surface area contributed by atoms with Gasteiger partial charge in [-0.05, 0) is 86.4 Å². The molecule has 3 amide bonds. The zero-order valence-corrected chi connectivity index (χ0v) is 20.3. The normalized spacial score (nSPS) is 15.4. The van der Waals surface area contributed by atoms with Crippen molar-refractivity contribution >= 4 is 56.7 Å². The lowest BCUT2D eigenvalue weighted by Gasteiger charge is -2.29. The van der Waals surface area contributed by atoms with E-state index < -0.39 is 29.2 Å². The Bertz CT molecular complexity index is 1030. The third kappa shape index (κ3) is 5.19. The van der Waals surface area contributed by atoms with Gasteiger partial charge in [0, 0.05) is 5.69 Å². The summed E-state index contributed by atoms with van der Waals surface area (Å²) in [5, 5.41) is 5.78. The van der Waals surface area contributed by atoms with E-state index in [2.05, 4.69) is 26.6 Å². The minimum absolute atomic E-state index is 0.308. The number of nitrogens with one attached hydrogen (secondary N) is 2. The monoisotopic (exact) mass is 509 g/mol. The van der Waals surface area contributed by atoms with E-state index in [0.717, 1.165) is 9.35 Å². The molecule has 1 aliphatic heterocycles. The van der Waals surface area contributed by atoms with Gasteiger partial charge < -0.3 is 20.1 Å². The zero-order valence-electron chi connectivity index (χ0n) is 17.9. The average molecular weight is 510 g/mol. The number of hydrogen-bond acceptors (Lipinski definition) is 6. The number of cyclic esters (lactones) is 1. The number of halogens is 1. The van der Waals surface area contributed by atoms with Crippen LogP contribution < -0.4 is 20.3 Å². The number of anilines is 2. The molecule has 0 spiro atoms. The third-order valence-electron chi connectivity index (χ3n) is 4.76. The summed E-state index contributed by atoms with van der Waals surface area (Å²) >= 11 is 4.56. The first-order chi connectivity index (χ1) is 14.4. The summed E-state index contributed by atoms with van der Waals surface area (Å²) < 4.78 is 11.2. The Morgan fingerprint density at radius 1 is 1.26 bits per heavy atom. The number of carbonyl (C=O) groups excluding carboxylic acids is 3. The largest absolute Gasteiger partial charge is 0.447 e. The van der Waals surface area contributed by atoms with E-state index >= 15 is 0 Å². The Morgan fingerprint density at radius 2 is 1.97 bits per heavy atom. The van der Waals surface area contributed by atoms with Crippen LogP contribution in [0.1, 0.15) is 33.3 Å². The van der Waals surface area contributed by atoms with Crippen molar-refractivity contribution < 1.29 is 23.9 Å². The van der Waals surface area contributed by atoms with Gasteiger partial charge in [0.2, 0.25) is 5.91 Å². The number of thiophene rings is 1. The van der Waals surface area contributed by atoms with Gasteiger partial charge in [0.1, 0.15) is 12.1 Å². The number of hydrogen-bond donors (Lipinski definition) is 2. The lowest BCUT2D eigenvalue weighted by molar-refractivity contribution is -0.121. The highest BCUT2D eigenvalue weighted by atomic mass is 79.9. The molecule has 8 nitrogen and oxygen atoms in total. The minimum atomic E-state index is -1.22. The molecule has 0 saturated carbocycles. The Balaban J connectivity index is 1.67. The molecule has 1 aliphatic rings. The first kappa shape index (κ1) is 23.1. The molecule has 0 unspecified atom stereocenters. The summed E-state index contributed by atoms with van der Waals surface area (Å²) in [5.74, 6) is -0.412. The first-order valence-corrected chi connectivity index (χ1v) is 11.1. The Hall–Kier alpha value is -2.59. The van der Waals surface area contributed by atoms with Crippen LogP contribution in [-0.2, 0) is 9.53 Å². The summed E-state index contributed by atoms with van der Waals surface area (Å²) in [7, 11) is 0. The van der Waals surface area contributed by atoms with E-state index in [4.69, 9.17) is 9.47 Å². The lowest BCUT2D eigenvalue weighted by atomic mass is 10.0. The summed E-state index contributed by atoms with van der Waals surface area (Å²) in [4.78, 5) is 38.7. The number of carbonyl (C=O) groups is 3. The van der Waals surface area contributed by atoms with Crippen LogP contribution in [0.25, 0.3) is 0 Å². The predicted molar refractivity (Wildman–Crippen MR) is 123 cm³/mol. The molecular weight excluding hydrogens is 486 g/mol. The van der Waals surface area contributed by atoms with Crippen molar-refractivity contribution in [1.82, 2.24) is 5.32 Å². The second-order valence-corrected chi connectivity index (χ2v) is 10.8. The molecule has 1 fully saturated rings. The van der Waals surface area contributed by atoms with Crippen molar-refractivity contribution in [2.75, 3.05) is 16.8 Å². The van der Waals surface area contributed by atoms with Gasteiger partial charge in [0.05, 0.1) is 15.0 Å². The van der Waals surface area contributed by atoms with Gasteiger partial charge in [-0.25, -0.2) is 9.59 Å². The SMILES string of the molecule is Cc1cc(NC(=O)C(C)(C)NC(=O)Oc2ccc(Br)s2)ccc1N1C(=O)OCC1(C)C. The fraction of sp³-hybridized carbons (Fsp3) is 0.381. The summed E-state index contributed by atoms with van der Waals surface area (Å²) in [6.07, 6.45) is -1.12. The standard InChI is InChI=1S/C21H24BrN3O5S/c1-12-10-13(6-7-14(12)25-19(28)29-11-20(25,2)3)23-17(26)21(4,5)24-18(27)30-16-9-8-15(22)31-16/h6-10H,11H2,1-5H3,(H,23,26)(H,24,27). The molecule has 2 heterocycles. The van der Waals surface area contributed by atoms with Gasteiger partial charge in [-0.15, -0.1) is 0 Å². The molecule has 1 saturated heterocycles. The van der Waals surface area contributed by atoms with E-state index in [1.807, 2.05) is 20.8 Å². The van der Waals surface area contributed by atoms with Crippen LogP contribution in [0, 0.1) is 6.92 Å². The summed E-state index contributed by atoms with van der Waals surface area (Å²) in [6, 6.07) is 8.66. The molecule has 10 heteroatoms. The number of amides is 3. The fourth-order valence-electron chi connectivity index (χ4n) is 3.09. The second kappa shape index (κ2) is 8.51. The van der Waals surface area contributed by atoms with Crippen molar-refractivity contribution in [3.63, 3.8) is 0 Å². The smallest absolute Gasteiger partial charge is 0.414 e. The quantitative estimate of drug-likeness (QED) is 0.586. The van der Waals surface area contributed by atoms with Crippen molar-refractivity contribution in [3.8, 4) is 5.06 Å². The molecule has 2 aromatic rings. The molecule has 166 valence electrons. The molecule has 31 heavy (non-hydrogen) atoms. The average Bonchev–Trinajstić information content (AvgIpc) is 3.17. The number of ether oxygens (including phenoxy) is 2. The van der Waals surface area contributed by atoms with Gasteiger partial charge in [0.15, 0.2) is 5.06 Å². The molecule has 1 aromatic carbocycles. The van der Waals surface area contributed by atoms with E-state index in [1.165, 1.54) is 11.3 Å². The van der Waals surface area contributed by atoms with Gasteiger partial charge in [-0.3, -0.25) is 9.69 Å². The van der Waals surface area contributed by atoms with Crippen LogP contribution in [0.3, 0.4) is 0 Å². The third-order valence-corrected chi connectivity index (χ3v) is 6.26. The molecule has 0 radical (unpaired) electrons. The topological polar surface area (TPSA) is 97.0 Å². The van der Waals surface area contributed by atoms with E-state index in [-0.39, 0.29) is 0 Å². The van der Waals surface area contributed by atoms with E-state index in [9.17, 15) is 14.4 Å². The van der Waals surface area contributed by atoms with Gasteiger partial charge in [-0.1, -0.05) is 11.3 Å². The Morgan fingerprint density at radius 3 is 2.52 bits per heavy atom. The molecule has 3 rings (SSSR count). The van der Waals surface area contributed by atoms with Crippen LogP contribution in [0.4, 0.5) is 21.0 Å².